The third-order valence-corrected chi connectivity index (χ3v) is 7.13. The first kappa shape index (κ1) is 23.7. The standard InChI is InChI=1S/C25H26N2O6S/c1-2-22(24(29)27-16-10-11-20-21(13-16)33-14-32-20)34-17-7-5-6-15(12-17)26-23(28)18-8-3-4-9-19(18)25(30)31/h3-7,10-13,18-19,22H,2,8-9,14H2,1H3,(H,26,28)(H,27,29)(H,30,31). The smallest absolute Gasteiger partial charge is 0.307 e. The zero-order valence-electron chi connectivity index (χ0n) is 18.7. The number of amides is 2. The van der Waals surface area contributed by atoms with Crippen LogP contribution in [0.1, 0.15) is 26.2 Å². The van der Waals surface area contributed by atoms with Crippen molar-refractivity contribution in [3.8, 4) is 11.5 Å². The maximum Gasteiger partial charge on any atom is 0.307 e. The Balaban J connectivity index is 1.39. The number of anilines is 2. The van der Waals surface area contributed by atoms with Crippen molar-refractivity contribution in [3.63, 3.8) is 0 Å². The number of thioether (sulfide) groups is 1. The minimum atomic E-state index is -0.965. The van der Waals surface area contributed by atoms with E-state index < -0.39 is 17.8 Å². The van der Waals surface area contributed by atoms with E-state index in [-0.39, 0.29) is 23.9 Å². The Labute approximate surface area is 201 Å². The van der Waals surface area contributed by atoms with Crippen LogP contribution in [-0.4, -0.2) is 34.9 Å². The molecule has 3 N–H and O–H groups in total. The van der Waals surface area contributed by atoms with Crippen LogP contribution in [0.15, 0.2) is 59.5 Å². The van der Waals surface area contributed by atoms with E-state index in [1.165, 1.54) is 11.8 Å². The van der Waals surface area contributed by atoms with E-state index >= 15 is 0 Å². The second kappa shape index (κ2) is 10.6. The molecule has 0 saturated carbocycles. The highest BCUT2D eigenvalue weighted by atomic mass is 32.2. The molecule has 2 aromatic carbocycles. The van der Waals surface area contributed by atoms with Gasteiger partial charge in [-0.1, -0.05) is 25.1 Å². The zero-order valence-corrected chi connectivity index (χ0v) is 19.5. The largest absolute Gasteiger partial charge is 0.481 e. The Kier molecular flexibility index (Phi) is 7.42. The molecule has 3 unspecified atom stereocenters. The number of rotatable bonds is 8. The van der Waals surface area contributed by atoms with Crippen LogP contribution < -0.4 is 20.1 Å². The molecule has 0 spiro atoms. The Morgan fingerprint density at radius 2 is 1.74 bits per heavy atom. The van der Waals surface area contributed by atoms with Crippen LogP contribution in [0.3, 0.4) is 0 Å². The van der Waals surface area contributed by atoms with E-state index in [4.69, 9.17) is 9.47 Å². The molecule has 0 aromatic heterocycles. The number of nitrogens with one attached hydrogen (secondary N) is 2. The lowest BCUT2D eigenvalue weighted by Crippen LogP contribution is -2.34. The molecule has 1 heterocycles. The molecule has 0 radical (unpaired) electrons. The molecule has 1 aliphatic heterocycles. The number of benzene rings is 2. The van der Waals surface area contributed by atoms with Crippen LogP contribution in [0.25, 0.3) is 0 Å². The number of fused-ring (bicyclic) bond motifs is 1. The number of carbonyl (C=O) groups excluding carboxylic acids is 2. The van der Waals surface area contributed by atoms with Gasteiger partial charge in [-0.3, -0.25) is 14.4 Å². The molecule has 2 aliphatic rings. The first-order chi connectivity index (χ1) is 16.4. The van der Waals surface area contributed by atoms with Crippen LogP contribution in [-0.2, 0) is 14.4 Å². The first-order valence-corrected chi connectivity index (χ1v) is 12.0. The van der Waals surface area contributed by atoms with Crippen molar-refractivity contribution in [1.29, 1.82) is 0 Å². The minimum absolute atomic E-state index is 0.140. The fraction of sp³-hybridized carbons (Fsp3) is 0.320. The van der Waals surface area contributed by atoms with E-state index in [1.807, 2.05) is 19.1 Å². The van der Waals surface area contributed by atoms with Gasteiger partial charge in [0.15, 0.2) is 11.5 Å². The monoisotopic (exact) mass is 482 g/mol. The molecule has 178 valence electrons. The van der Waals surface area contributed by atoms with Crippen molar-refractivity contribution in [3.05, 3.63) is 54.6 Å². The lowest BCUT2D eigenvalue weighted by atomic mass is 9.82. The Bertz CT molecular complexity index is 1120. The minimum Gasteiger partial charge on any atom is -0.481 e. The van der Waals surface area contributed by atoms with Crippen LogP contribution in [0.4, 0.5) is 11.4 Å². The van der Waals surface area contributed by atoms with Crippen molar-refractivity contribution in [2.24, 2.45) is 11.8 Å². The molecule has 3 atom stereocenters. The SMILES string of the molecule is CCC(Sc1cccc(NC(=O)C2CC=CCC2C(=O)O)c1)C(=O)Nc1ccc2c(c1)OCO2. The van der Waals surface area contributed by atoms with Crippen molar-refractivity contribution in [1.82, 2.24) is 0 Å². The normalized spacial score (nSPS) is 19.3. The number of ether oxygens (including phenoxy) is 2. The molecule has 8 nitrogen and oxygen atoms in total. The summed E-state index contributed by atoms with van der Waals surface area (Å²) in [5.74, 6) is -1.52. The topological polar surface area (TPSA) is 114 Å². The zero-order chi connectivity index (χ0) is 24.1. The number of aliphatic carboxylic acids is 1. The van der Waals surface area contributed by atoms with E-state index in [9.17, 15) is 19.5 Å². The van der Waals surface area contributed by atoms with E-state index in [0.29, 0.717) is 42.1 Å². The van der Waals surface area contributed by atoms with Gasteiger partial charge in [0.2, 0.25) is 18.6 Å². The number of carbonyl (C=O) groups is 3. The molecule has 9 heteroatoms. The van der Waals surface area contributed by atoms with Gasteiger partial charge in [0, 0.05) is 22.3 Å². The summed E-state index contributed by atoms with van der Waals surface area (Å²) in [6.45, 7) is 2.10. The number of hydrogen-bond acceptors (Lipinski definition) is 6. The molecular weight excluding hydrogens is 456 g/mol. The molecule has 2 amide bonds. The van der Waals surface area contributed by atoms with Gasteiger partial charge >= 0.3 is 5.97 Å². The number of hydrogen-bond donors (Lipinski definition) is 3. The van der Waals surface area contributed by atoms with Crippen molar-refractivity contribution < 1.29 is 29.0 Å². The summed E-state index contributed by atoms with van der Waals surface area (Å²) in [7, 11) is 0. The number of carboxylic acid groups (broad SMARTS) is 1. The average molecular weight is 483 g/mol. The van der Waals surface area contributed by atoms with Gasteiger partial charge in [0.1, 0.15) is 0 Å². The number of allylic oxidation sites excluding steroid dienone is 2. The van der Waals surface area contributed by atoms with Crippen molar-refractivity contribution in [2.45, 2.75) is 36.3 Å². The van der Waals surface area contributed by atoms with Gasteiger partial charge in [0.25, 0.3) is 0 Å². The third kappa shape index (κ3) is 5.53. The summed E-state index contributed by atoms with van der Waals surface area (Å²) >= 11 is 1.40. The molecular formula is C25H26N2O6S. The molecule has 4 rings (SSSR count). The predicted octanol–water partition coefficient (Wildman–Crippen LogP) is 4.53. The summed E-state index contributed by atoms with van der Waals surface area (Å²) in [6, 6.07) is 12.5. The fourth-order valence-electron chi connectivity index (χ4n) is 3.94. The molecule has 0 bridgehead atoms. The molecule has 1 aliphatic carbocycles. The van der Waals surface area contributed by atoms with Gasteiger partial charge in [-0.25, -0.2) is 0 Å². The van der Waals surface area contributed by atoms with Crippen LogP contribution in [0.2, 0.25) is 0 Å². The highest BCUT2D eigenvalue weighted by Gasteiger charge is 2.34. The van der Waals surface area contributed by atoms with Gasteiger partial charge in [-0.15, -0.1) is 11.8 Å². The fourth-order valence-corrected chi connectivity index (χ4v) is 4.96. The van der Waals surface area contributed by atoms with Crippen molar-refractivity contribution >= 4 is 40.9 Å². The highest BCUT2D eigenvalue weighted by Crippen LogP contribution is 2.35. The molecule has 2 aromatic rings. The van der Waals surface area contributed by atoms with Gasteiger partial charge in [-0.05, 0) is 49.6 Å². The van der Waals surface area contributed by atoms with Gasteiger partial charge < -0.3 is 25.2 Å². The maximum absolute atomic E-state index is 12.9. The lowest BCUT2D eigenvalue weighted by molar-refractivity contribution is -0.146. The van der Waals surface area contributed by atoms with Crippen LogP contribution >= 0.6 is 11.8 Å². The Morgan fingerprint density at radius 1 is 1.00 bits per heavy atom. The highest BCUT2D eigenvalue weighted by molar-refractivity contribution is 8.00. The van der Waals surface area contributed by atoms with E-state index in [0.717, 1.165) is 4.90 Å². The van der Waals surface area contributed by atoms with E-state index in [2.05, 4.69) is 10.6 Å². The quantitative estimate of drug-likeness (QED) is 0.374. The van der Waals surface area contributed by atoms with E-state index in [1.54, 1.807) is 42.5 Å². The third-order valence-electron chi connectivity index (χ3n) is 5.77. The summed E-state index contributed by atoms with van der Waals surface area (Å²) in [5, 5.41) is 14.8. The molecule has 0 fully saturated rings. The van der Waals surface area contributed by atoms with Crippen molar-refractivity contribution in [2.75, 3.05) is 17.4 Å². The summed E-state index contributed by atoms with van der Waals surface area (Å²) < 4.78 is 10.7. The maximum atomic E-state index is 12.9. The van der Waals surface area contributed by atoms with Crippen LogP contribution in [0, 0.1) is 11.8 Å². The second-order valence-corrected chi connectivity index (χ2v) is 9.36. The van der Waals surface area contributed by atoms with Crippen LogP contribution in [0.5, 0.6) is 11.5 Å². The summed E-state index contributed by atoms with van der Waals surface area (Å²) in [5.41, 5.74) is 1.20. The lowest BCUT2D eigenvalue weighted by Gasteiger charge is -2.24. The first-order valence-electron chi connectivity index (χ1n) is 11.1. The molecule has 34 heavy (non-hydrogen) atoms. The van der Waals surface area contributed by atoms with Gasteiger partial charge in [0.05, 0.1) is 17.1 Å². The summed E-state index contributed by atoms with van der Waals surface area (Å²) in [4.78, 5) is 38.0. The number of carboxylic acids is 1. The molecule has 0 saturated heterocycles. The van der Waals surface area contributed by atoms with Gasteiger partial charge in [-0.2, -0.15) is 0 Å². The summed E-state index contributed by atoms with van der Waals surface area (Å²) in [6.07, 6.45) is 5.00. The second-order valence-electron chi connectivity index (χ2n) is 8.08. The Hall–Kier alpha value is -3.46. The average Bonchev–Trinajstić information content (AvgIpc) is 3.30. The predicted molar refractivity (Wildman–Crippen MR) is 129 cm³/mol. The Morgan fingerprint density at radius 3 is 2.50 bits per heavy atom.